The molecule has 0 aromatic heterocycles. The van der Waals surface area contributed by atoms with E-state index in [9.17, 15) is 20.0 Å². The van der Waals surface area contributed by atoms with E-state index in [1.54, 1.807) is 48.5 Å². The molecule has 3 aromatic carbocycles. The quantitative estimate of drug-likeness (QED) is 0.369. The van der Waals surface area contributed by atoms with Crippen molar-refractivity contribution in [2.45, 2.75) is 0 Å². The number of ether oxygens (including phenoxy) is 1. The molecule has 0 bridgehead atoms. The molecular formula is C21H17N3O5. The molecule has 8 nitrogen and oxygen atoms in total. The summed E-state index contributed by atoms with van der Waals surface area (Å²) in [6.45, 7) is 0. The molecule has 29 heavy (non-hydrogen) atoms. The van der Waals surface area contributed by atoms with Crippen molar-refractivity contribution in [3.63, 3.8) is 0 Å². The van der Waals surface area contributed by atoms with Gasteiger partial charge in [0.15, 0.2) is 11.5 Å². The lowest BCUT2D eigenvalue weighted by molar-refractivity contribution is -0.385. The van der Waals surface area contributed by atoms with Crippen LogP contribution in [0, 0.1) is 10.1 Å². The monoisotopic (exact) mass is 391 g/mol. The number of carbonyl (C=O) groups is 1. The summed E-state index contributed by atoms with van der Waals surface area (Å²) in [7, 11) is 1.30. The number of hydrogen-bond donors (Lipinski definition) is 2. The molecule has 0 saturated heterocycles. The van der Waals surface area contributed by atoms with Crippen LogP contribution in [0.25, 0.3) is 0 Å². The van der Waals surface area contributed by atoms with E-state index in [1.807, 2.05) is 6.07 Å². The van der Waals surface area contributed by atoms with E-state index in [4.69, 9.17) is 4.74 Å². The first kappa shape index (κ1) is 19.6. The summed E-state index contributed by atoms with van der Waals surface area (Å²) >= 11 is 0. The molecule has 2 N–H and O–H groups in total. The Kier molecular flexibility index (Phi) is 5.84. The first-order valence-electron chi connectivity index (χ1n) is 8.54. The maximum Gasteiger partial charge on any atom is 0.274 e. The van der Waals surface area contributed by atoms with Crippen LogP contribution in [0.1, 0.15) is 15.9 Å². The molecule has 0 aliphatic heterocycles. The minimum absolute atomic E-state index is 0.0236. The highest BCUT2D eigenvalue weighted by Gasteiger charge is 2.15. The highest BCUT2D eigenvalue weighted by atomic mass is 16.6. The SMILES string of the molecule is COc1cc([N+](=O)[O-])cc(C=Nc2cccc(NC(=O)c3ccccc3)c2)c1O. The van der Waals surface area contributed by atoms with Crippen molar-refractivity contribution in [2.75, 3.05) is 12.4 Å². The Hall–Kier alpha value is -4.20. The van der Waals surface area contributed by atoms with E-state index in [0.717, 1.165) is 6.07 Å². The van der Waals surface area contributed by atoms with Gasteiger partial charge in [-0.3, -0.25) is 19.9 Å². The summed E-state index contributed by atoms with van der Waals surface area (Å²) < 4.78 is 4.97. The summed E-state index contributed by atoms with van der Waals surface area (Å²) in [6.07, 6.45) is 1.29. The minimum Gasteiger partial charge on any atom is -0.504 e. The average molecular weight is 391 g/mol. The summed E-state index contributed by atoms with van der Waals surface area (Å²) in [5.41, 5.74) is 1.45. The van der Waals surface area contributed by atoms with Crippen LogP contribution in [0.15, 0.2) is 71.7 Å². The van der Waals surface area contributed by atoms with E-state index < -0.39 is 4.92 Å². The fourth-order valence-electron chi connectivity index (χ4n) is 2.57. The molecule has 1 amide bonds. The van der Waals surface area contributed by atoms with Crippen LogP contribution in [-0.4, -0.2) is 29.3 Å². The van der Waals surface area contributed by atoms with Gasteiger partial charge < -0.3 is 15.2 Å². The number of benzene rings is 3. The number of nitrogens with zero attached hydrogens (tertiary/aromatic N) is 2. The van der Waals surface area contributed by atoms with Gasteiger partial charge in [-0.15, -0.1) is 0 Å². The van der Waals surface area contributed by atoms with Crippen LogP contribution < -0.4 is 10.1 Å². The molecule has 0 heterocycles. The standard InChI is InChI=1S/C21H17N3O5/c1-29-19-12-18(24(27)28)10-15(20(19)25)13-22-16-8-5-9-17(11-16)23-21(26)14-6-3-2-4-7-14/h2-13,25H,1H3,(H,23,26). The Bertz CT molecular complexity index is 1080. The largest absolute Gasteiger partial charge is 0.504 e. The summed E-state index contributed by atoms with van der Waals surface area (Å²) in [4.78, 5) is 27.0. The third-order valence-electron chi connectivity index (χ3n) is 4.01. The third-order valence-corrected chi connectivity index (χ3v) is 4.01. The fraction of sp³-hybridized carbons (Fsp3) is 0.0476. The number of rotatable bonds is 6. The molecular weight excluding hydrogens is 374 g/mol. The smallest absolute Gasteiger partial charge is 0.274 e. The lowest BCUT2D eigenvalue weighted by Crippen LogP contribution is -2.11. The van der Waals surface area contributed by atoms with E-state index in [2.05, 4.69) is 10.3 Å². The van der Waals surface area contributed by atoms with Crippen molar-refractivity contribution in [2.24, 2.45) is 4.99 Å². The number of hydrogen-bond acceptors (Lipinski definition) is 6. The van der Waals surface area contributed by atoms with Gasteiger partial charge in [-0.1, -0.05) is 24.3 Å². The first-order chi connectivity index (χ1) is 14.0. The summed E-state index contributed by atoms with van der Waals surface area (Å²) in [5.74, 6) is -0.535. The molecule has 3 rings (SSSR count). The summed E-state index contributed by atoms with van der Waals surface area (Å²) in [6, 6.07) is 17.9. The number of phenols is 1. The lowest BCUT2D eigenvalue weighted by Gasteiger charge is -2.07. The van der Waals surface area contributed by atoms with Gasteiger partial charge in [0.25, 0.3) is 11.6 Å². The van der Waals surface area contributed by atoms with E-state index >= 15 is 0 Å². The van der Waals surface area contributed by atoms with Crippen molar-refractivity contribution in [3.05, 3.63) is 88.0 Å². The van der Waals surface area contributed by atoms with Crippen molar-refractivity contribution in [1.29, 1.82) is 0 Å². The molecule has 0 spiro atoms. The van der Waals surface area contributed by atoms with Crippen LogP contribution in [0.5, 0.6) is 11.5 Å². The number of nitro benzene ring substituents is 1. The number of aliphatic imine (C=N–C) groups is 1. The zero-order valence-corrected chi connectivity index (χ0v) is 15.4. The van der Waals surface area contributed by atoms with Crippen LogP contribution in [-0.2, 0) is 0 Å². The highest BCUT2D eigenvalue weighted by molar-refractivity contribution is 6.04. The van der Waals surface area contributed by atoms with Crippen molar-refractivity contribution in [3.8, 4) is 11.5 Å². The van der Waals surface area contributed by atoms with Gasteiger partial charge in [-0.05, 0) is 30.3 Å². The molecule has 3 aromatic rings. The normalized spacial score (nSPS) is 10.7. The molecule has 0 atom stereocenters. The Morgan fingerprint density at radius 2 is 1.90 bits per heavy atom. The number of nitrogens with one attached hydrogen (secondary N) is 1. The van der Waals surface area contributed by atoms with Crippen molar-refractivity contribution in [1.82, 2.24) is 0 Å². The molecule has 0 saturated carbocycles. The molecule has 0 unspecified atom stereocenters. The Labute approximate surface area is 166 Å². The second kappa shape index (κ2) is 8.66. The molecule has 0 aliphatic rings. The average Bonchev–Trinajstić information content (AvgIpc) is 2.73. The number of anilines is 1. The van der Waals surface area contributed by atoms with Crippen LogP contribution in [0.3, 0.4) is 0 Å². The molecule has 8 heteroatoms. The van der Waals surface area contributed by atoms with Gasteiger partial charge in [0, 0.05) is 29.1 Å². The maximum atomic E-state index is 12.3. The predicted octanol–water partition coefficient (Wildman–Crippen LogP) is 4.31. The lowest BCUT2D eigenvalue weighted by atomic mass is 10.1. The number of non-ortho nitro benzene ring substituents is 1. The zero-order valence-electron chi connectivity index (χ0n) is 15.4. The number of carbonyl (C=O) groups excluding carboxylic acids is 1. The van der Waals surface area contributed by atoms with E-state index in [0.29, 0.717) is 16.9 Å². The van der Waals surface area contributed by atoms with E-state index in [1.165, 1.54) is 19.4 Å². The van der Waals surface area contributed by atoms with Crippen molar-refractivity contribution < 1.29 is 19.6 Å². The van der Waals surface area contributed by atoms with Gasteiger partial charge in [0.05, 0.1) is 23.8 Å². The van der Waals surface area contributed by atoms with Gasteiger partial charge in [-0.2, -0.15) is 0 Å². The number of nitro groups is 1. The number of aromatic hydroxyl groups is 1. The predicted molar refractivity (Wildman–Crippen MR) is 109 cm³/mol. The minimum atomic E-state index is -0.584. The van der Waals surface area contributed by atoms with Gasteiger partial charge in [0.2, 0.25) is 0 Å². The Morgan fingerprint density at radius 3 is 2.59 bits per heavy atom. The van der Waals surface area contributed by atoms with Crippen LogP contribution in [0.4, 0.5) is 17.1 Å². The molecule has 0 radical (unpaired) electrons. The molecule has 0 fully saturated rings. The van der Waals surface area contributed by atoms with E-state index in [-0.39, 0.29) is 28.7 Å². The molecule has 146 valence electrons. The Balaban J connectivity index is 1.83. The van der Waals surface area contributed by atoms with Crippen LogP contribution >= 0.6 is 0 Å². The highest BCUT2D eigenvalue weighted by Crippen LogP contribution is 2.33. The van der Waals surface area contributed by atoms with Gasteiger partial charge in [0.1, 0.15) is 0 Å². The number of methoxy groups -OCH3 is 1. The number of amides is 1. The third kappa shape index (κ3) is 4.75. The second-order valence-corrected chi connectivity index (χ2v) is 5.97. The van der Waals surface area contributed by atoms with Gasteiger partial charge in [-0.25, -0.2) is 0 Å². The zero-order chi connectivity index (χ0) is 20.8. The topological polar surface area (TPSA) is 114 Å². The first-order valence-corrected chi connectivity index (χ1v) is 8.54. The fourth-order valence-corrected chi connectivity index (χ4v) is 2.57. The summed E-state index contributed by atoms with van der Waals surface area (Å²) in [5, 5.41) is 24.0. The maximum absolute atomic E-state index is 12.3. The van der Waals surface area contributed by atoms with Crippen LogP contribution in [0.2, 0.25) is 0 Å². The number of phenolic OH excluding ortho intramolecular Hbond substituents is 1. The Morgan fingerprint density at radius 1 is 1.14 bits per heavy atom. The van der Waals surface area contributed by atoms with Crippen molar-refractivity contribution >= 4 is 29.2 Å². The molecule has 0 aliphatic carbocycles. The van der Waals surface area contributed by atoms with Gasteiger partial charge >= 0.3 is 0 Å². The second-order valence-electron chi connectivity index (χ2n) is 5.97.